The second kappa shape index (κ2) is 7.25. The summed E-state index contributed by atoms with van der Waals surface area (Å²) in [7, 11) is 1.31. The average Bonchev–Trinajstić information content (AvgIpc) is 3.10. The maximum atomic E-state index is 12.2. The Labute approximate surface area is 139 Å². The van der Waals surface area contributed by atoms with Crippen molar-refractivity contribution in [1.29, 1.82) is 0 Å². The first kappa shape index (κ1) is 16.2. The van der Waals surface area contributed by atoms with Crippen LogP contribution in [0.4, 0.5) is 6.01 Å². The first-order chi connectivity index (χ1) is 11.7. The van der Waals surface area contributed by atoms with Gasteiger partial charge in [-0.05, 0) is 37.1 Å². The molecule has 1 aromatic heterocycles. The highest BCUT2D eigenvalue weighted by Crippen LogP contribution is 2.32. The first-order valence-corrected chi connectivity index (χ1v) is 8.00. The fraction of sp³-hybridized carbons (Fsp3) is 0.412. The van der Waals surface area contributed by atoms with Gasteiger partial charge in [0, 0.05) is 11.5 Å². The van der Waals surface area contributed by atoms with E-state index in [2.05, 4.69) is 20.3 Å². The highest BCUT2D eigenvalue weighted by atomic mass is 16.5. The lowest BCUT2D eigenvalue weighted by Gasteiger charge is -2.17. The number of nitrogens with one attached hydrogen (secondary N) is 1. The van der Waals surface area contributed by atoms with Crippen LogP contribution >= 0.6 is 0 Å². The van der Waals surface area contributed by atoms with Crippen molar-refractivity contribution in [2.24, 2.45) is 0 Å². The summed E-state index contributed by atoms with van der Waals surface area (Å²) in [5, 5.41) is 10.5. The summed E-state index contributed by atoms with van der Waals surface area (Å²) in [6, 6.07) is 6.24. The molecule has 24 heavy (non-hydrogen) atoms. The number of methoxy groups -OCH3 is 1. The molecule has 0 bridgehead atoms. The largest absolute Gasteiger partial charge is 0.465 e. The van der Waals surface area contributed by atoms with Crippen molar-refractivity contribution in [1.82, 2.24) is 10.2 Å². The van der Waals surface area contributed by atoms with Crippen LogP contribution < -0.4 is 5.32 Å². The molecule has 0 saturated heterocycles. The number of hydrogen-bond acceptors (Lipinski definition) is 6. The van der Waals surface area contributed by atoms with E-state index in [-0.39, 0.29) is 17.8 Å². The fourth-order valence-corrected chi connectivity index (χ4v) is 2.84. The Morgan fingerprint density at radius 3 is 2.42 bits per heavy atom. The van der Waals surface area contributed by atoms with Crippen LogP contribution in [0.3, 0.4) is 0 Å². The lowest BCUT2D eigenvalue weighted by atomic mass is 9.89. The maximum Gasteiger partial charge on any atom is 0.337 e. The van der Waals surface area contributed by atoms with E-state index in [9.17, 15) is 9.59 Å². The number of aromatic nitrogens is 2. The summed E-state index contributed by atoms with van der Waals surface area (Å²) in [6.45, 7) is 0. The van der Waals surface area contributed by atoms with Crippen LogP contribution in [0, 0.1) is 0 Å². The second-order valence-electron chi connectivity index (χ2n) is 5.80. The lowest BCUT2D eigenvalue weighted by molar-refractivity contribution is 0.0600. The molecule has 0 unspecified atom stereocenters. The minimum Gasteiger partial charge on any atom is -0.465 e. The van der Waals surface area contributed by atoms with Crippen LogP contribution in [0.1, 0.15) is 64.6 Å². The molecule has 0 aliphatic heterocycles. The molecule has 1 amide bonds. The van der Waals surface area contributed by atoms with Gasteiger partial charge in [-0.1, -0.05) is 24.4 Å². The predicted octanol–water partition coefficient (Wildman–Crippen LogP) is 3.16. The molecule has 0 radical (unpaired) electrons. The number of nitrogens with zero attached hydrogens (tertiary/aromatic N) is 2. The lowest BCUT2D eigenvalue weighted by Crippen LogP contribution is -2.12. The van der Waals surface area contributed by atoms with E-state index in [1.165, 1.54) is 38.5 Å². The van der Waals surface area contributed by atoms with E-state index in [0.717, 1.165) is 12.8 Å². The summed E-state index contributed by atoms with van der Waals surface area (Å²) >= 11 is 0. The number of rotatable bonds is 4. The van der Waals surface area contributed by atoms with Gasteiger partial charge in [-0.2, -0.15) is 0 Å². The summed E-state index contributed by atoms with van der Waals surface area (Å²) < 4.78 is 10.2. The van der Waals surface area contributed by atoms with Crippen LogP contribution in [-0.2, 0) is 4.74 Å². The standard InChI is InChI=1S/C17H19N3O4/c1-23-16(22)13-9-7-11(8-10-13)14(21)18-17-20-19-15(24-17)12-5-3-2-4-6-12/h7-10,12H,2-6H2,1H3,(H,18,20,21). The number of anilines is 1. The molecule has 126 valence electrons. The van der Waals surface area contributed by atoms with Gasteiger partial charge >= 0.3 is 12.0 Å². The van der Waals surface area contributed by atoms with Crippen molar-refractivity contribution < 1.29 is 18.7 Å². The molecule has 0 atom stereocenters. The van der Waals surface area contributed by atoms with Gasteiger partial charge in [0.2, 0.25) is 5.89 Å². The van der Waals surface area contributed by atoms with E-state index in [4.69, 9.17) is 4.42 Å². The molecule has 1 aliphatic rings. The van der Waals surface area contributed by atoms with E-state index in [0.29, 0.717) is 17.0 Å². The highest BCUT2D eigenvalue weighted by molar-refractivity contribution is 6.03. The van der Waals surface area contributed by atoms with Gasteiger partial charge < -0.3 is 9.15 Å². The second-order valence-corrected chi connectivity index (χ2v) is 5.80. The van der Waals surface area contributed by atoms with E-state index in [1.54, 1.807) is 12.1 Å². The molecular weight excluding hydrogens is 310 g/mol. The zero-order chi connectivity index (χ0) is 16.9. The van der Waals surface area contributed by atoms with Gasteiger partial charge in [0.05, 0.1) is 12.7 Å². The van der Waals surface area contributed by atoms with Crippen LogP contribution in [0.25, 0.3) is 0 Å². The summed E-state index contributed by atoms with van der Waals surface area (Å²) in [5.74, 6) is 0.0588. The van der Waals surface area contributed by atoms with Gasteiger partial charge in [0.1, 0.15) is 0 Å². The Bertz CT molecular complexity index is 718. The van der Waals surface area contributed by atoms with E-state index >= 15 is 0 Å². The van der Waals surface area contributed by atoms with Gasteiger partial charge in [-0.15, -0.1) is 5.10 Å². The molecule has 1 aromatic carbocycles. The molecule has 1 saturated carbocycles. The summed E-state index contributed by atoms with van der Waals surface area (Å²) in [6.07, 6.45) is 5.67. The normalized spacial score (nSPS) is 15.0. The Morgan fingerprint density at radius 2 is 1.75 bits per heavy atom. The van der Waals surface area contributed by atoms with Crippen LogP contribution in [-0.4, -0.2) is 29.2 Å². The molecule has 1 N–H and O–H groups in total. The summed E-state index contributed by atoms with van der Waals surface area (Å²) in [5.41, 5.74) is 0.770. The van der Waals surface area contributed by atoms with E-state index < -0.39 is 5.97 Å². The third-order valence-corrected chi connectivity index (χ3v) is 4.18. The van der Waals surface area contributed by atoms with Crippen molar-refractivity contribution >= 4 is 17.9 Å². The number of hydrogen-bond donors (Lipinski definition) is 1. The van der Waals surface area contributed by atoms with Crippen LogP contribution in [0.5, 0.6) is 0 Å². The minimum absolute atomic E-state index is 0.0950. The summed E-state index contributed by atoms with van der Waals surface area (Å²) in [4.78, 5) is 23.6. The molecule has 0 spiro atoms. The van der Waals surface area contributed by atoms with Crippen molar-refractivity contribution in [3.8, 4) is 0 Å². The minimum atomic E-state index is -0.448. The molecule has 1 fully saturated rings. The van der Waals surface area contributed by atoms with Crippen molar-refractivity contribution in [2.45, 2.75) is 38.0 Å². The van der Waals surface area contributed by atoms with Gasteiger partial charge in [0.25, 0.3) is 5.91 Å². The molecule has 7 heteroatoms. The zero-order valence-corrected chi connectivity index (χ0v) is 13.4. The number of amides is 1. The monoisotopic (exact) mass is 329 g/mol. The van der Waals surface area contributed by atoms with E-state index in [1.807, 2.05) is 0 Å². The molecule has 7 nitrogen and oxygen atoms in total. The van der Waals surface area contributed by atoms with Gasteiger partial charge in [0.15, 0.2) is 0 Å². The number of benzene rings is 1. The molecule has 2 aromatic rings. The Hall–Kier alpha value is -2.70. The quantitative estimate of drug-likeness (QED) is 0.866. The molecular formula is C17H19N3O4. The van der Waals surface area contributed by atoms with Crippen molar-refractivity contribution in [3.63, 3.8) is 0 Å². The number of ether oxygens (including phenoxy) is 1. The topological polar surface area (TPSA) is 94.3 Å². The zero-order valence-electron chi connectivity index (χ0n) is 13.4. The third kappa shape index (κ3) is 3.61. The first-order valence-electron chi connectivity index (χ1n) is 8.00. The van der Waals surface area contributed by atoms with Crippen LogP contribution in [0.15, 0.2) is 28.7 Å². The smallest absolute Gasteiger partial charge is 0.337 e. The number of carbonyl (C=O) groups is 2. The number of carbonyl (C=O) groups excluding carboxylic acids is 2. The van der Waals surface area contributed by atoms with Gasteiger partial charge in [-0.3, -0.25) is 10.1 Å². The molecule has 1 aliphatic carbocycles. The highest BCUT2D eigenvalue weighted by Gasteiger charge is 2.22. The number of esters is 1. The van der Waals surface area contributed by atoms with Crippen molar-refractivity contribution in [2.75, 3.05) is 12.4 Å². The van der Waals surface area contributed by atoms with Gasteiger partial charge in [-0.25, -0.2) is 4.79 Å². The average molecular weight is 329 g/mol. The molecule has 1 heterocycles. The van der Waals surface area contributed by atoms with Crippen LogP contribution in [0.2, 0.25) is 0 Å². The predicted molar refractivity (Wildman–Crippen MR) is 85.9 cm³/mol. The Morgan fingerprint density at radius 1 is 1.08 bits per heavy atom. The Kier molecular flexibility index (Phi) is 4.88. The SMILES string of the molecule is COC(=O)c1ccc(C(=O)Nc2nnc(C3CCCCC3)o2)cc1. The molecule has 3 rings (SSSR count). The van der Waals surface area contributed by atoms with Crippen molar-refractivity contribution in [3.05, 3.63) is 41.3 Å². The maximum absolute atomic E-state index is 12.2. The third-order valence-electron chi connectivity index (χ3n) is 4.18. The Balaban J connectivity index is 1.64. The fourth-order valence-electron chi connectivity index (χ4n) is 2.84.